The van der Waals surface area contributed by atoms with Crippen LogP contribution in [-0.4, -0.2) is 17.6 Å². The molecule has 0 spiro atoms. The lowest BCUT2D eigenvalue weighted by atomic mass is 10.1. The first kappa shape index (κ1) is 14.7. The Balaban J connectivity index is 2.16. The summed E-state index contributed by atoms with van der Waals surface area (Å²) in [6, 6.07) is 15.0. The summed E-state index contributed by atoms with van der Waals surface area (Å²) in [6.45, 7) is 0.473. The topological polar surface area (TPSA) is 81.0 Å². The Morgan fingerprint density at radius 2 is 2.09 bits per heavy atom. The van der Waals surface area contributed by atoms with Crippen LogP contribution in [0.25, 0.3) is 10.9 Å². The van der Waals surface area contributed by atoms with E-state index < -0.39 is 5.91 Å². The number of nitrogens with zero attached hydrogens (tertiary/aromatic N) is 2. The van der Waals surface area contributed by atoms with Crippen LogP contribution < -0.4 is 10.5 Å². The number of nitrogens with two attached hydrogens (primary N) is 1. The fourth-order valence-electron chi connectivity index (χ4n) is 2.68. The van der Waals surface area contributed by atoms with Crippen molar-refractivity contribution in [1.82, 2.24) is 4.57 Å². The van der Waals surface area contributed by atoms with Crippen LogP contribution in [0.2, 0.25) is 0 Å². The van der Waals surface area contributed by atoms with E-state index in [2.05, 4.69) is 6.07 Å². The Kier molecular flexibility index (Phi) is 3.73. The van der Waals surface area contributed by atoms with Crippen molar-refractivity contribution < 1.29 is 9.53 Å². The van der Waals surface area contributed by atoms with E-state index in [1.165, 1.54) is 0 Å². The van der Waals surface area contributed by atoms with E-state index in [0.29, 0.717) is 23.4 Å². The van der Waals surface area contributed by atoms with E-state index in [-0.39, 0.29) is 0 Å². The van der Waals surface area contributed by atoms with Gasteiger partial charge in [0.2, 0.25) is 0 Å². The number of carbonyl (C=O) groups excluding carboxylic acids is 1. The number of methoxy groups -OCH3 is 1. The Morgan fingerprint density at radius 1 is 1.30 bits per heavy atom. The molecular weight excluding hydrogens is 290 g/mol. The van der Waals surface area contributed by atoms with Crippen molar-refractivity contribution in [2.75, 3.05) is 7.11 Å². The number of rotatable bonds is 4. The van der Waals surface area contributed by atoms with Crippen molar-refractivity contribution in [3.8, 4) is 11.8 Å². The molecule has 1 amide bonds. The van der Waals surface area contributed by atoms with E-state index in [1.54, 1.807) is 25.4 Å². The van der Waals surface area contributed by atoms with Gasteiger partial charge in [-0.3, -0.25) is 4.79 Å². The Hall–Kier alpha value is -3.26. The number of hydrogen-bond donors (Lipinski definition) is 1. The van der Waals surface area contributed by atoms with Crippen LogP contribution in [0.5, 0.6) is 5.75 Å². The molecule has 0 unspecified atom stereocenters. The molecule has 0 fully saturated rings. The minimum Gasteiger partial charge on any atom is -0.497 e. The summed E-state index contributed by atoms with van der Waals surface area (Å²) < 4.78 is 7.17. The molecule has 2 N–H and O–H groups in total. The van der Waals surface area contributed by atoms with Crippen LogP contribution in [0.15, 0.2) is 48.7 Å². The van der Waals surface area contributed by atoms with Gasteiger partial charge in [0.1, 0.15) is 5.75 Å². The number of nitriles is 1. The van der Waals surface area contributed by atoms with E-state index >= 15 is 0 Å². The van der Waals surface area contributed by atoms with Gasteiger partial charge in [0.25, 0.3) is 5.91 Å². The Bertz CT molecular complexity index is 935. The lowest BCUT2D eigenvalue weighted by Crippen LogP contribution is -2.10. The zero-order valence-electron chi connectivity index (χ0n) is 12.6. The van der Waals surface area contributed by atoms with Gasteiger partial charge < -0.3 is 15.0 Å². The Morgan fingerprint density at radius 3 is 2.78 bits per heavy atom. The lowest BCUT2D eigenvalue weighted by Gasteiger charge is -2.08. The van der Waals surface area contributed by atoms with Crippen LogP contribution in [0.3, 0.4) is 0 Å². The summed E-state index contributed by atoms with van der Waals surface area (Å²) in [6.07, 6.45) is 1.72. The molecule has 0 atom stereocenters. The fraction of sp³-hybridized carbons (Fsp3) is 0.111. The van der Waals surface area contributed by atoms with Gasteiger partial charge in [-0.15, -0.1) is 0 Å². The lowest BCUT2D eigenvalue weighted by molar-refractivity contribution is 0.100. The molecule has 0 bridgehead atoms. The molecule has 3 aromatic rings. The molecule has 0 aliphatic carbocycles. The van der Waals surface area contributed by atoms with Crippen LogP contribution in [0, 0.1) is 11.3 Å². The van der Waals surface area contributed by atoms with Gasteiger partial charge >= 0.3 is 0 Å². The molecule has 0 aliphatic heterocycles. The van der Waals surface area contributed by atoms with Gasteiger partial charge in [-0.1, -0.05) is 18.2 Å². The van der Waals surface area contributed by atoms with Crippen molar-refractivity contribution in [1.29, 1.82) is 5.26 Å². The average Bonchev–Trinajstić information content (AvgIpc) is 2.93. The van der Waals surface area contributed by atoms with Crippen molar-refractivity contribution in [2.45, 2.75) is 6.54 Å². The number of carbonyl (C=O) groups is 1. The molecule has 0 saturated heterocycles. The van der Waals surface area contributed by atoms with Crippen molar-refractivity contribution in [3.63, 3.8) is 0 Å². The third-order valence-electron chi connectivity index (χ3n) is 3.83. The zero-order chi connectivity index (χ0) is 16.4. The largest absolute Gasteiger partial charge is 0.497 e. The molecule has 1 aromatic heterocycles. The first-order chi connectivity index (χ1) is 11.1. The van der Waals surface area contributed by atoms with Crippen molar-refractivity contribution >= 4 is 16.8 Å². The molecule has 114 valence electrons. The number of amides is 1. The van der Waals surface area contributed by atoms with E-state index in [9.17, 15) is 10.1 Å². The molecule has 5 nitrogen and oxygen atoms in total. The van der Waals surface area contributed by atoms with E-state index in [4.69, 9.17) is 10.5 Å². The maximum atomic E-state index is 11.7. The second-order valence-corrected chi connectivity index (χ2v) is 5.19. The minimum atomic E-state index is -0.479. The molecule has 3 rings (SSSR count). The van der Waals surface area contributed by atoms with Gasteiger partial charge in [0, 0.05) is 24.2 Å². The molecule has 0 aliphatic rings. The molecule has 23 heavy (non-hydrogen) atoms. The molecule has 0 saturated carbocycles. The summed E-state index contributed by atoms with van der Waals surface area (Å²) in [5, 5.41) is 10.0. The van der Waals surface area contributed by atoms with Gasteiger partial charge in [0.05, 0.1) is 29.8 Å². The average molecular weight is 305 g/mol. The molecular formula is C18H15N3O2. The van der Waals surface area contributed by atoms with Crippen molar-refractivity contribution in [2.24, 2.45) is 5.73 Å². The molecule has 1 heterocycles. The maximum absolute atomic E-state index is 11.7. The quantitative estimate of drug-likeness (QED) is 0.804. The smallest absolute Gasteiger partial charge is 0.250 e. The number of benzene rings is 2. The zero-order valence-corrected chi connectivity index (χ0v) is 12.6. The summed E-state index contributed by atoms with van der Waals surface area (Å²) in [7, 11) is 1.59. The fourth-order valence-corrected chi connectivity index (χ4v) is 2.68. The summed E-state index contributed by atoms with van der Waals surface area (Å²) in [5.41, 5.74) is 8.26. The SMILES string of the molecule is COc1ccc2c(C(N)=O)cn(Cc3ccccc3C#N)c2c1. The normalized spacial score (nSPS) is 10.4. The van der Waals surface area contributed by atoms with Crippen LogP contribution in [0.4, 0.5) is 0 Å². The monoisotopic (exact) mass is 305 g/mol. The number of primary amides is 1. The number of aromatic nitrogens is 1. The van der Waals surface area contributed by atoms with Crippen LogP contribution in [-0.2, 0) is 6.54 Å². The van der Waals surface area contributed by atoms with Crippen LogP contribution >= 0.6 is 0 Å². The second-order valence-electron chi connectivity index (χ2n) is 5.19. The predicted molar refractivity (Wildman–Crippen MR) is 87.3 cm³/mol. The number of ether oxygens (including phenoxy) is 1. The van der Waals surface area contributed by atoms with Gasteiger partial charge in [-0.2, -0.15) is 5.26 Å². The van der Waals surface area contributed by atoms with Gasteiger partial charge in [-0.05, 0) is 23.8 Å². The summed E-state index contributed by atoms with van der Waals surface area (Å²) >= 11 is 0. The molecule has 2 aromatic carbocycles. The van der Waals surface area contributed by atoms with Gasteiger partial charge in [0.15, 0.2) is 0 Å². The van der Waals surface area contributed by atoms with E-state index in [1.807, 2.05) is 34.9 Å². The maximum Gasteiger partial charge on any atom is 0.250 e. The Labute approximate surface area is 133 Å². The second kappa shape index (κ2) is 5.85. The first-order valence-corrected chi connectivity index (χ1v) is 7.08. The van der Waals surface area contributed by atoms with Crippen molar-refractivity contribution in [3.05, 3.63) is 65.4 Å². The summed E-state index contributed by atoms with van der Waals surface area (Å²) in [5.74, 6) is 0.217. The third kappa shape index (κ3) is 2.62. The molecule has 0 radical (unpaired) electrons. The first-order valence-electron chi connectivity index (χ1n) is 7.08. The van der Waals surface area contributed by atoms with E-state index in [0.717, 1.165) is 16.5 Å². The third-order valence-corrected chi connectivity index (χ3v) is 3.83. The predicted octanol–water partition coefficient (Wildman–Crippen LogP) is 2.67. The summed E-state index contributed by atoms with van der Waals surface area (Å²) in [4.78, 5) is 11.7. The van der Waals surface area contributed by atoms with Crippen LogP contribution in [0.1, 0.15) is 21.5 Å². The standard InChI is InChI=1S/C18H15N3O2/c1-23-14-6-7-15-16(18(20)22)11-21(17(15)8-14)10-13-5-3-2-4-12(13)9-19/h2-8,11H,10H2,1H3,(H2,20,22). The van der Waals surface area contributed by atoms with Gasteiger partial charge in [-0.25, -0.2) is 0 Å². The highest BCUT2D eigenvalue weighted by Crippen LogP contribution is 2.27. The number of fused-ring (bicyclic) bond motifs is 1. The highest BCUT2D eigenvalue weighted by Gasteiger charge is 2.14. The highest BCUT2D eigenvalue weighted by atomic mass is 16.5. The molecule has 5 heteroatoms. The minimum absolute atomic E-state index is 0.456. The highest BCUT2D eigenvalue weighted by molar-refractivity contribution is 6.06. The number of hydrogen-bond acceptors (Lipinski definition) is 3.